The van der Waals surface area contributed by atoms with Gasteiger partial charge in [0.15, 0.2) is 0 Å². The van der Waals surface area contributed by atoms with E-state index in [1.54, 1.807) is 6.26 Å². The predicted octanol–water partition coefficient (Wildman–Crippen LogP) is 1.64. The van der Waals surface area contributed by atoms with Gasteiger partial charge in [0, 0.05) is 6.20 Å². The molecule has 0 saturated heterocycles. The van der Waals surface area contributed by atoms with Crippen molar-refractivity contribution < 1.29 is 14.3 Å². The maximum Gasteiger partial charge on any atom is 0.338 e. The normalized spacial score (nSPS) is 10.6. The van der Waals surface area contributed by atoms with Gasteiger partial charge in [-0.05, 0) is 12.3 Å². The lowest BCUT2D eigenvalue weighted by molar-refractivity contribution is 0.0698. The van der Waals surface area contributed by atoms with Crippen molar-refractivity contribution in [3.63, 3.8) is 0 Å². The number of aromatic nitrogens is 2. The molecule has 0 amide bonds. The van der Waals surface area contributed by atoms with E-state index < -0.39 is 5.97 Å². The average Bonchev–Trinajstić information content (AvgIpc) is 2.59. The summed E-state index contributed by atoms with van der Waals surface area (Å²) in [7, 11) is 0. The minimum absolute atomic E-state index is 0.110. The Morgan fingerprint density at radius 1 is 1.64 bits per heavy atom. The van der Waals surface area contributed by atoms with Crippen LogP contribution in [-0.2, 0) is 0 Å². The molecule has 2 heterocycles. The Morgan fingerprint density at radius 3 is 3.07 bits per heavy atom. The number of fused-ring (bicyclic) bond motifs is 1. The molecule has 0 fully saturated rings. The average molecular weight is 210 g/mol. The van der Waals surface area contributed by atoms with E-state index in [4.69, 9.17) is 9.52 Å². The van der Waals surface area contributed by atoms with E-state index in [1.807, 2.05) is 0 Å². The summed E-state index contributed by atoms with van der Waals surface area (Å²) in [5, 5.41) is 9.27. The Morgan fingerprint density at radius 2 is 2.43 bits per heavy atom. The van der Waals surface area contributed by atoms with E-state index in [9.17, 15) is 4.79 Å². The molecule has 2 aromatic rings. The van der Waals surface area contributed by atoms with Crippen molar-refractivity contribution in [3.05, 3.63) is 17.8 Å². The summed E-state index contributed by atoms with van der Waals surface area (Å²) in [5.74, 6) is -1.03. The molecule has 0 aliphatic carbocycles. The Bertz CT molecular complexity index is 494. The number of thioether (sulfide) groups is 1. The van der Waals surface area contributed by atoms with Crippen molar-refractivity contribution in [2.24, 2.45) is 0 Å². The van der Waals surface area contributed by atoms with Crippen LogP contribution < -0.4 is 0 Å². The molecule has 0 spiro atoms. The fourth-order valence-corrected chi connectivity index (χ4v) is 1.42. The Hall–Kier alpha value is -1.56. The zero-order valence-corrected chi connectivity index (χ0v) is 8.04. The molecule has 0 aliphatic heterocycles. The second-order valence-electron chi connectivity index (χ2n) is 2.50. The predicted molar refractivity (Wildman–Crippen MR) is 50.5 cm³/mol. The van der Waals surface area contributed by atoms with Crippen LogP contribution in [0.25, 0.3) is 11.2 Å². The molecule has 0 unspecified atom stereocenters. The third kappa shape index (κ3) is 1.33. The summed E-state index contributed by atoms with van der Waals surface area (Å²) in [4.78, 5) is 18.7. The molecule has 72 valence electrons. The highest BCUT2D eigenvalue weighted by Crippen LogP contribution is 2.22. The Labute approximate surface area is 83.2 Å². The second kappa shape index (κ2) is 3.30. The molecule has 2 aromatic heterocycles. The molecule has 0 aliphatic rings. The zero-order valence-electron chi connectivity index (χ0n) is 7.22. The van der Waals surface area contributed by atoms with Crippen molar-refractivity contribution in [3.8, 4) is 0 Å². The van der Waals surface area contributed by atoms with Crippen molar-refractivity contribution in [2.75, 3.05) is 6.26 Å². The standard InChI is InChI=1S/C8H6N2O3S/c1-14-8-10-5-4(7(11)12)2-3-9-6(5)13-8/h2-3H,1H3,(H,11,12). The van der Waals surface area contributed by atoms with Crippen LogP contribution in [-0.4, -0.2) is 27.3 Å². The van der Waals surface area contributed by atoms with Gasteiger partial charge in [-0.1, -0.05) is 11.8 Å². The van der Waals surface area contributed by atoms with E-state index in [-0.39, 0.29) is 11.3 Å². The summed E-state index contributed by atoms with van der Waals surface area (Å²) in [6, 6.07) is 1.40. The molecule has 0 bridgehead atoms. The molecule has 0 aromatic carbocycles. The lowest BCUT2D eigenvalue weighted by atomic mass is 10.2. The third-order valence-electron chi connectivity index (χ3n) is 1.68. The molecule has 6 heteroatoms. The third-order valence-corrected chi connectivity index (χ3v) is 2.21. The Kier molecular flexibility index (Phi) is 2.12. The highest BCUT2D eigenvalue weighted by molar-refractivity contribution is 7.98. The molecular weight excluding hydrogens is 204 g/mol. The van der Waals surface area contributed by atoms with Crippen LogP contribution in [0.5, 0.6) is 0 Å². The van der Waals surface area contributed by atoms with Crippen LogP contribution in [0.3, 0.4) is 0 Å². The first kappa shape index (κ1) is 9.01. The molecule has 0 radical (unpaired) electrons. The highest BCUT2D eigenvalue weighted by atomic mass is 32.2. The van der Waals surface area contributed by atoms with Crippen molar-refractivity contribution >= 4 is 29.0 Å². The minimum atomic E-state index is -1.03. The first-order valence-corrected chi connectivity index (χ1v) is 4.97. The first-order valence-electron chi connectivity index (χ1n) is 3.75. The smallest absolute Gasteiger partial charge is 0.338 e. The number of nitrogens with zero attached hydrogens (tertiary/aromatic N) is 2. The summed E-state index contributed by atoms with van der Waals surface area (Å²) >= 11 is 1.30. The number of aromatic carboxylic acids is 1. The molecule has 1 N–H and O–H groups in total. The van der Waals surface area contributed by atoms with Crippen molar-refractivity contribution in [1.29, 1.82) is 0 Å². The molecule has 0 atom stereocenters. The molecule has 2 rings (SSSR count). The highest BCUT2D eigenvalue weighted by Gasteiger charge is 2.14. The number of carbonyl (C=O) groups is 1. The fraction of sp³-hybridized carbons (Fsp3) is 0.125. The van der Waals surface area contributed by atoms with Crippen LogP contribution >= 0.6 is 11.8 Å². The fourth-order valence-electron chi connectivity index (χ4n) is 1.07. The van der Waals surface area contributed by atoms with Crippen molar-refractivity contribution in [2.45, 2.75) is 5.22 Å². The van der Waals surface area contributed by atoms with E-state index in [0.717, 1.165) is 0 Å². The van der Waals surface area contributed by atoms with E-state index in [2.05, 4.69) is 9.97 Å². The van der Waals surface area contributed by atoms with E-state index >= 15 is 0 Å². The van der Waals surface area contributed by atoms with Gasteiger partial charge in [-0.15, -0.1) is 0 Å². The molecule has 5 nitrogen and oxygen atoms in total. The van der Waals surface area contributed by atoms with E-state index in [1.165, 1.54) is 24.0 Å². The topological polar surface area (TPSA) is 76.2 Å². The van der Waals surface area contributed by atoms with Gasteiger partial charge in [0.05, 0.1) is 5.56 Å². The van der Waals surface area contributed by atoms with Gasteiger partial charge in [-0.25, -0.2) is 14.8 Å². The Balaban J connectivity index is 2.73. The van der Waals surface area contributed by atoms with E-state index in [0.29, 0.717) is 10.7 Å². The van der Waals surface area contributed by atoms with Gasteiger partial charge < -0.3 is 9.52 Å². The minimum Gasteiger partial charge on any atom is -0.478 e. The van der Waals surface area contributed by atoms with Gasteiger partial charge in [0.2, 0.25) is 5.71 Å². The monoisotopic (exact) mass is 210 g/mol. The summed E-state index contributed by atoms with van der Waals surface area (Å²) in [5.41, 5.74) is 0.664. The van der Waals surface area contributed by atoms with Gasteiger partial charge in [0.25, 0.3) is 5.22 Å². The first-order chi connectivity index (χ1) is 6.72. The second-order valence-corrected chi connectivity index (χ2v) is 3.26. The maximum absolute atomic E-state index is 10.8. The van der Waals surface area contributed by atoms with Gasteiger partial charge >= 0.3 is 5.97 Å². The van der Waals surface area contributed by atoms with Crippen LogP contribution in [0.15, 0.2) is 21.9 Å². The van der Waals surface area contributed by atoms with Gasteiger partial charge in [-0.3, -0.25) is 0 Å². The van der Waals surface area contributed by atoms with Crippen LogP contribution in [0.1, 0.15) is 10.4 Å². The SMILES string of the molecule is CSc1nc2c(C(=O)O)ccnc2o1. The zero-order chi connectivity index (χ0) is 10.1. The quantitative estimate of drug-likeness (QED) is 0.759. The summed E-state index contributed by atoms with van der Waals surface area (Å²) in [6.07, 6.45) is 3.19. The van der Waals surface area contributed by atoms with Crippen molar-refractivity contribution in [1.82, 2.24) is 9.97 Å². The number of carboxylic acids is 1. The molecule has 0 saturated carbocycles. The lowest BCUT2D eigenvalue weighted by Gasteiger charge is -1.91. The number of pyridine rings is 1. The van der Waals surface area contributed by atoms with Crippen LogP contribution in [0.4, 0.5) is 0 Å². The number of hydrogen-bond acceptors (Lipinski definition) is 5. The largest absolute Gasteiger partial charge is 0.478 e. The number of rotatable bonds is 2. The van der Waals surface area contributed by atoms with Gasteiger partial charge in [0.1, 0.15) is 5.52 Å². The summed E-state index contributed by atoms with van der Waals surface area (Å²) in [6.45, 7) is 0. The molecular formula is C8H6N2O3S. The maximum atomic E-state index is 10.8. The van der Waals surface area contributed by atoms with Crippen LogP contribution in [0.2, 0.25) is 0 Å². The number of oxazole rings is 1. The van der Waals surface area contributed by atoms with Gasteiger partial charge in [-0.2, -0.15) is 0 Å². The number of carboxylic acid groups (broad SMARTS) is 1. The molecule has 14 heavy (non-hydrogen) atoms. The van der Waals surface area contributed by atoms with Crippen LogP contribution in [0, 0.1) is 0 Å². The summed E-state index contributed by atoms with van der Waals surface area (Å²) < 4.78 is 5.19. The lowest BCUT2D eigenvalue weighted by Crippen LogP contribution is -1.97. The number of hydrogen-bond donors (Lipinski definition) is 1.